The number of carbonyl (C=O) groups excluding carboxylic acids is 1. The first kappa shape index (κ1) is 13.5. The molecule has 0 aliphatic carbocycles. The highest BCUT2D eigenvalue weighted by atomic mass is 79.9. The molecule has 0 bridgehead atoms. The molecule has 0 radical (unpaired) electrons. The van der Waals surface area contributed by atoms with Crippen LogP contribution in [-0.2, 0) is 20.9 Å². The number of benzene rings is 1. The molecular weight excluding hydrogens is 298 g/mol. The van der Waals surface area contributed by atoms with Crippen LogP contribution in [0, 0.1) is 0 Å². The Hall–Kier alpha value is -0.910. The van der Waals surface area contributed by atoms with Gasteiger partial charge in [0.25, 0.3) is 0 Å². The van der Waals surface area contributed by atoms with E-state index in [0.29, 0.717) is 26.2 Å². The molecular formula is C13H16BrNO3. The van der Waals surface area contributed by atoms with Gasteiger partial charge in [-0.15, -0.1) is 0 Å². The van der Waals surface area contributed by atoms with Gasteiger partial charge in [-0.1, -0.05) is 28.1 Å². The quantitative estimate of drug-likeness (QED) is 0.862. The lowest BCUT2D eigenvalue weighted by molar-refractivity contribution is -0.146. The Bertz CT molecular complexity index is 388. The summed E-state index contributed by atoms with van der Waals surface area (Å²) in [5.74, 6) is -0.194. The van der Waals surface area contributed by atoms with Gasteiger partial charge in [-0.25, -0.2) is 0 Å². The first-order valence-electron chi connectivity index (χ1n) is 5.95. The molecule has 0 saturated carbocycles. The molecule has 18 heavy (non-hydrogen) atoms. The fraction of sp³-hybridized carbons (Fsp3) is 0.462. The van der Waals surface area contributed by atoms with Crippen molar-refractivity contribution in [2.45, 2.75) is 19.1 Å². The molecule has 98 valence electrons. The second-order valence-electron chi connectivity index (χ2n) is 4.22. The molecule has 1 aliphatic rings. The lowest BCUT2D eigenvalue weighted by Crippen LogP contribution is -2.42. The number of hydrogen-bond acceptors (Lipinski definition) is 4. The molecule has 0 spiro atoms. The maximum Gasteiger partial charge on any atom is 0.307 e. The van der Waals surface area contributed by atoms with Crippen LogP contribution in [0.4, 0.5) is 0 Å². The number of nitrogens with one attached hydrogen (secondary N) is 1. The molecule has 1 heterocycles. The molecule has 1 atom stereocenters. The molecule has 5 heteroatoms. The Balaban J connectivity index is 1.72. The fourth-order valence-electron chi connectivity index (χ4n) is 1.76. The number of morpholine rings is 1. The van der Waals surface area contributed by atoms with Crippen molar-refractivity contribution in [3.05, 3.63) is 34.3 Å². The zero-order valence-corrected chi connectivity index (χ0v) is 11.6. The summed E-state index contributed by atoms with van der Waals surface area (Å²) in [7, 11) is 0. The summed E-state index contributed by atoms with van der Waals surface area (Å²) in [6.07, 6.45) is 0.358. The van der Waals surface area contributed by atoms with E-state index in [1.165, 1.54) is 0 Å². The molecule has 1 saturated heterocycles. The Morgan fingerprint density at radius 3 is 2.89 bits per heavy atom. The van der Waals surface area contributed by atoms with Crippen molar-refractivity contribution < 1.29 is 14.3 Å². The van der Waals surface area contributed by atoms with E-state index in [1.807, 2.05) is 24.3 Å². The number of halogens is 1. The highest BCUT2D eigenvalue weighted by Crippen LogP contribution is 2.11. The molecule has 1 N–H and O–H groups in total. The highest BCUT2D eigenvalue weighted by molar-refractivity contribution is 9.10. The van der Waals surface area contributed by atoms with E-state index in [1.54, 1.807) is 0 Å². The lowest BCUT2D eigenvalue weighted by atomic mass is 10.2. The van der Waals surface area contributed by atoms with Crippen LogP contribution in [-0.4, -0.2) is 31.8 Å². The molecule has 1 aromatic carbocycles. The summed E-state index contributed by atoms with van der Waals surface area (Å²) in [5.41, 5.74) is 0.986. The Morgan fingerprint density at radius 1 is 1.44 bits per heavy atom. The summed E-state index contributed by atoms with van der Waals surface area (Å²) in [6.45, 7) is 2.40. The maximum absolute atomic E-state index is 11.6. The molecule has 2 rings (SSSR count). The molecule has 0 aromatic heterocycles. The standard InChI is InChI=1S/C13H16BrNO3/c14-11-3-1-10(2-4-11)8-18-13(16)7-12-9-17-6-5-15-12/h1-4,12,15H,5-9H2. The first-order valence-corrected chi connectivity index (χ1v) is 6.74. The monoisotopic (exact) mass is 313 g/mol. The SMILES string of the molecule is O=C(CC1COCCN1)OCc1ccc(Br)cc1. The van der Waals surface area contributed by atoms with Crippen molar-refractivity contribution in [3.8, 4) is 0 Å². The van der Waals surface area contributed by atoms with Crippen LogP contribution in [0.25, 0.3) is 0 Å². The molecule has 0 amide bonds. The summed E-state index contributed by atoms with van der Waals surface area (Å²) < 4.78 is 11.5. The summed E-state index contributed by atoms with van der Waals surface area (Å²) in [4.78, 5) is 11.6. The Morgan fingerprint density at radius 2 is 2.22 bits per heavy atom. The van der Waals surface area contributed by atoms with E-state index in [9.17, 15) is 4.79 Å². The third-order valence-electron chi connectivity index (χ3n) is 2.72. The average Bonchev–Trinajstić information content (AvgIpc) is 2.39. The van der Waals surface area contributed by atoms with Gasteiger partial charge in [-0.3, -0.25) is 4.79 Å². The van der Waals surface area contributed by atoms with Gasteiger partial charge in [0.2, 0.25) is 0 Å². The van der Waals surface area contributed by atoms with Crippen molar-refractivity contribution in [1.82, 2.24) is 5.32 Å². The number of esters is 1. The predicted molar refractivity (Wildman–Crippen MR) is 71.2 cm³/mol. The van der Waals surface area contributed by atoms with Gasteiger partial charge >= 0.3 is 5.97 Å². The smallest absolute Gasteiger partial charge is 0.307 e. The van der Waals surface area contributed by atoms with Gasteiger partial charge in [-0.05, 0) is 17.7 Å². The molecule has 1 aromatic rings. The highest BCUT2D eigenvalue weighted by Gasteiger charge is 2.17. The molecule has 1 unspecified atom stereocenters. The van der Waals surface area contributed by atoms with E-state index in [0.717, 1.165) is 16.6 Å². The van der Waals surface area contributed by atoms with Crippen LogP contribution in [0.15, 0.2) is 28.7 Å². The Kier molecular flexibility index (Phi) is 5.16. The zero-order chi connectivity index (χ0) is 12.8. The van der Waals surface area contributed by atoms with E-state index < -0.39 is 0 Å². The largest absolute Gasteiger partial charge is 0.461 e. The summed E-state index contributed by atoms with van der Waals surface area (Å²) in [5, 5.41) is 3.22. The average molecular weight is 314 g/mol. The molecule has 1 aliphatic heterocycles. The second-order valence-corrected chi connectivity index (χ2v) is 5.13. The van der Waals surface area contributed by atoms with Gasteiger partial charge in [0.15, 0.2) is 0 Å². The second kappa shape index (κ2) is 6.87. The maximum atomic E-state index is 11.6. The van der Waals surface area contributed by atoms with Gasteiger partial charge < -0.3 is 14.8 Å². The van der Waals surface area contributed by atoms with Crippen molar-refractivity contribution in [3.63, 3.8) is 0 Å². The van der Waals surface area contributed by atoms with E-state index in [4.69, 9.17) is 9.47 Å². The van der Waals surface area contributed by atoms with Gasteiger partial charge in [0, 0.05) is 17.1 Å². The van der Waals surface area contributed by atoms with E-state index >= 15 is 0 Å². The Labute approximate surface area is 115 Å². The van der Waals surface area contributed by atoms with Crippen LogP contribution in [0.3, 0.4) is 0 Å². The first-order chi connectivity index (χ1) is 8.74. The molecule has 1 fully saturated rings. The van der Waals surface area contributed by atoms with Crippen molar-refractivity contribution >= 4 is 21.9 Å². The number of ether oxygens (including phenoxy) is 2. The van der Waals surface area contributed by atoms with Gasteiger partial charge in [0.05, 0.1) is 19.6 Å². The van der Waals surface area contributed by atoms with E-state index in [2.05, 4.69) is 21.2 Å². The minimum Gasteiger partial charge on any atom is -0.461 e. The van der Waals surface area contributed by atoms with E-state index in [-0.39, 0.29) is 12.0 Å². The van der Waals surface area contributed by atoms with Crippen LogP contribution < -0.4 is 5.32 Å². The van der Waals surface area contributed by atoms with Crippen LogP contribution >= 0.6 is 15.9 Å². The zero-order valence-electron chi connectivity index (χ0n) is 10.0. The summed E-state index contributed by atoms with van der Waals surface area (Å²) in [6, 6.07) is 7.80. The predicted octanol–water partition coefficient (Wildman–Crippen LogP) is 1.87. The van der Waals surface area contributed by atoms with Gasteiger partial charge in [0.1, 0.15) is 6.61 Å². The van der Waals surface area contributed by atoms with Crippen LogP contribution in [0.1, 0.15) is 12.0 Å². The van der Waals surface area contributed by atoms with Crippen molar-refractivity contribution in [2.24, 2.45) is 0 Å². The number of carbonyl (C=O) groups is 1. The minimum atomic E-state index is -0.194. The summed E-state index contributed by atoms with van der Waals surface area (Å²) >= 11 is 3.36. The number of rotatable bonds is 4. The number of hydrogen-bond donors (Lipinski definition) is 1. The third kappa shape index (κ3) is 4.40. The third-order valence-corrected chi connectivity index (χ3v) is 3.25. The lowest BCUT2D eigenvalue weighted by Gasteiger charge is -2.22. The van der Waals surface area contributed by atoms with Crippen molar-refractivity contribution in [1.29, 1.82) is 0 Å². The topological polar surface area (TPSA) is 47.6 Å². The van der Waals surface area contributed by atoms with Crippen molar-refractivity contribution in [2.75, 3.05) is 19.8 Å². The minimum absolute atomic E-state index is 0.0798. The fourth-order valence-corrected chi connectivity index (χ4v) is 2.02. The van der Waals surface area contributed by atoms with Gasteiger partial charge in [-0.2, -0.15) is 0 Å². The van der Waals surface area contributed by atoms with Crippen LogP contribution in [0.5, 0.6) is 0 Å². The normalized spacial score (nSPS) is 19.5. The molecule has 4 nitrogen and oxygen atoms in total. The van der Waals surface area contributed by atoms with Crippen LogP contribution in [0.2, 0.25) is 0 Å².